The molecular weight excluding hydrogens is 546 g/mol. The van der Waals surface area contributed by atoms with Gasteiger partial charge in [0, 0.05) is 29.6 Å². The maximum Gasteiger partial charge on any atom is 0.276 e. The number of pyridine rings is 1. The molecule has 3 heterocycles. The van der Waals surface area contributed by atoms with Gasteiger partial charge in [-0.2, -0.15) is 10.2 Å². The number of unbranched alkanes of at least 4 members (excludes halogenated alkanes) is 2. The van der Waals surface area contributed by atoms with E-state index in [4.69, 9.17) is 9.72 Å². The summed E-state index contributed by atoms with van der Waals surface area (Å²) in [5, 5.41) is 14.0. The number of benzene rings is 1. The molecule has 7 nitrogen and oxygen atoms in total. The van der Waals surface area contributed by atoms with Gasteiger partial charge < -0.3 is 10.1 Å². The third-order valence-electron chi connectivity index (χ3n) is 8.72. The number of nitrogens with zero attached hydrogens (tertiary/aromatic N) is 5. The molecule has 0 spiro atoms. The summed E-state index contributed by atoms with van der Waals surface area (Å²) in [6, 6.07) is 10.7. The van der Waals surface area contributed by atoms with E-state index in [1.54, 1.807) is 12.1 Å². The SMILES string of the molecule is C=CCCCCOc1nc2ncnc(NC(C)c3cccc(C(F)(F)C4CCN(CC=C)CC4)c3)c2cc1C1(C#N)CC1. The summed E-state index contributed by atoms with van der Waals surface area (Å²) < 4.78 is 37.4. The number of halogens is 2. The molecule has 0 bridgehead atoms. The van der Waals surface area contributed by atoms with E-state index in [1.807, 2.05) is 31.2 Å². The molecule has 0 amide bonds. The lowest BCUT2D eigenvalue weighted by atomic mass is 9.85. The number of hydrogen-bond acceptors (Lipinski definition) is 7. The molecule has 9 heteroatoms. The number of fused-ring (bicyclic) bond motifs is 1. The van der Waals surface area contributed by atoms with Crippen LogP contribution in [-0.2, 0) is 11.3 Å². The van der Waals surface area contributed by atoms with E-state index in [1.165, 1.54) is 12.4 Å². The lowest BCUT2D eigenvalue weighted by Crippen LogP contribution is -2.39. The van der Waals surface area contributed by atoms with Crippen molar-refractivity contribution in [2.75, 3.05) is 31.6 Å². The fourth-order valence-electron chi connectivity index (χ4n) is 5.86. The van der Waals surface area contributed by atoms with Gasteiger partial charge in [-0.05, 0) is 82.7 Å². The number of aromatic nitrogens is 3. The van der Waals surface area contributed by atoms with Gasteiger partial charge in [-0.3, -0.25) is 4.90 Å². The summed E-state index contributed by atoms with van der Waals surface area (Å²) in [7, 11) is 0. The predicted molar refractivity (Wildman–Crippen MR) is 165 cm³/mol. The number of allylic oxidation sites excluding steroid dienone is 1. The Kier molecular flexibility index (Phi) is 9.36. The number of ether oxygens (including phenoxy) is 1. The fraction of sp³-hybridized carbons (Fsp3) is 0.471. The van der Waals surface area contributed by atoms with Gasteiger partial charge in [-0.1, -0.05) is 30.4 Å². The van der Waals surface area contributed by atoms with Crippen molar-refractivity contribution in [2.45, 2.75) is 69.2 Å². The molecule has 2 fully saturated rings. The Labute approximate surface area is 252 Å². The summed E-state index contributed by atoms with van der Waals surface area (Å²) >= 11 is 0. The average molecular weight is 587 g/mol. The number of likely N-dealkylation sites (tertiary alicyclic amines) is 1. The van der Waals surface area contributed by atoms with Crippen LogP contribution in [0.3, 0.4) is 0 Å². The molecule has 1 aromatic carbocycles. The minimum Gasteiger partial charge on any atom is -0.477 e. The minimum atomic E-state index is -2.92. The van der Waals surface area contributed by atoms with Crippen molar-refractivity contribution in [3.05, 3.63) is 78.7 Å². The van der Waals surface area contributed by atoms with Crippen LogP contribution in [0.1, 0.15) is 74.6 Å². The number of anilines is 1. The van der Waals surface area contributed by atoms with E-state index in [0.717, 1.165) is 49.8 Å². The highest BCUT2D eigenvalue weighted by atomic mass is 19.3. The fourth-order valence-corrected chi connectivity index (χ4v) is 5.86. The normalized spacial score (nSPS) is 17.6. The van der Waals surface area contributed by atoms with Gasteiger partial charge in [-0.15, -0.1) is 13.2 Å². The predicted octanol–water partition coefficient (Wildman–Crippen LogP) is 7.48. The number of hydrogen-bond donors (Lipinski definition) is 1. The summed E-state index contributed by atoms with van der Waals surface area (Å²) in [5.41, 5.74) is 1.34. The van der Waals surface area contributed by atoms with Crippen LogP contribution in [0.15, 0.2) is 62.0 Å². The van der Waals surface area contributed by atoms with Crippen molar-refractivity contribution >= 4 is 16.9 Å². The highest BCUT2D eigenvalue weighted by Gasteiger charge is 2.48. The average Bonchev–Trinajstić information content (AvgIpc) is 3.82. The zero-order valence-electron chi connectivity index (χ0n) is 24.9. The quantitative estimate of drug-likeness (QED) is 0.155. The molecule has 226 valence electrons. The van der Waals surface area contributed by atoms with Crippen molar-refractivity contribution in [1.82, 2.24) is 19.9 Å². The summed E-state index contributed by atoms with van der Waals surface area (Å²) in [6.07, 6.45) is 10.3. The van der Waals surface area contributed by atoms with E-state index in [0.29, 0.717) is 55.3 Å². The monoisotopic (exact) mass is 586 g/mol. The number of alkyl halides is 2. The van der Waals surface area contributed by atoms with Crippen LogP contribution in [0, 0.1) is 17.2 Å². The molecule has 1 atom stereocenters. The highest BCUT2D eigenvalue weighted by Crippen LogP contribution is 2.51. The van der Waals surface area contributed by atoms with Gasteiger partial charge in [0.25, 0.3) is 5.92 Å². The molecule has 2 aliphatic rings. The Morgan fingerprint density at radius 1 is 1.19 bits per heavy atom. The maximum atomic E-state index is 15.7. The van der Waals surface area contributed by atoms with Gasteiger partial charge >= 0.3 is 0 Å². The Morgan fingerprint density at radius 3 is 2.67 bits per heavy atom. The van der Waals surface area contributed by atoms with E-state index >= 15 is 8.78 Å². The molecule has 1 aliphatic carbocycles. The van der Waals surface area contributed by atoms with Crippen molar-refractivity contribution < 1.29 is 13.5 Å². The number of rotatable bonds is 14. The Balaban J connectivity index is 1.37. The molecule has 1 saturated heterocycles. The van der Waals surface area contributed by atoms with Crippen LogP contribution < -0.4 is 10.1 Å². The molecule has 1 aliphatic heterocycles. The molecule has 1 N–H and O–H groups in total. The first-order chi connectivity index (χ1) is 20.8. The van der Waals surface area contributed by atoms with Gasteiger partial charge in [0.15, 0.2) is 5.65 Å². The first kappa shape index (κ1) is 30.6. The van der Waals surface area contributed by atoms with Crippen molar-refractivity contribution in [2.24, 2.45) is 5.92 Å². The van der Waals surface area contributed by atoms with Crippen LogP contribution in [0.4, 0.5) is 14.6 Å². The number of nitriles is 1. The minimum absolute atomic E-state index is 0.0388. The van der Waals surface area contributed by atoms with E-state index in [2.05, 4.69) is 39.4 Å². The van der Waals surface area contributed by atoms with E-state index < -0.39 is 17.3 Å². The van der Waals surface area contributed by atoms with Crippen molar-refractivity contribution in [1.29, 1.82) is 5.26 Å². The summed E-state index contributed by atoms with van der Waals surface area (Å²) in [6.45, 7) is 12.0. The zero-order chi connectivity index (χ0) is 30.5. The van der Waals surface area contributed by atoms with Gasteiger partial charge in [0.1, 0.15) is 12.1 Å². The van der Waals surface area contributed by atoms with Crippen LogP contribution >= 0.6 is 0 Å². The lowest BCUT2D eigenvalue weighted by Gasteiger charge is -2.35. The first-order valence-electron chi connectivity index (χ1n) is 15.2. The second-order valence-electron chi connectivity index (χ2n) is 11.7. The Morgan fingerprint density at radius 2 is 1.98 bits per heavy atom. The summed E-state index contributed by atoms with van der Waals surface area (Å²) in [4.78, 5) is 15.7. The second kappa shape index (κ2) is 13.2. The van der Waals surface area contributed by atoms with Crippen LogP contribution in [0.5, 0.6) is 5.88 Å². The zero-order valence-corrected chi connectivity index (χ0v) is 24.9. The van der Waals surface area contributed by atoms with Crippen molar-refractivity contribution in [3.63, 3.8) is 0 Å². The second-order valence-corrected chi connectivity index (χ2v) is 11.7. The van der Waals surface area contributed by atoms with E-state index in [-0.39, 0.29) is 11.6 Å². The highest BCUT2D eigenvalue weighted by molar-refractivity contribution is 5.88. The van der Waals surface area contributed by atoms with Gasteiger partial charge in [0.2, 0.25) is 5.88 Å². The first-order valence-corrected chi connectivity index (χ1v) is 15.2. The smallest absolute Gasteiger partial charge is 0.276 e. The molecule has 3 aromatic rings. The Hall–Kier alpha value is -3.90. The molecule has 1 saturated carbocycles. The summed E-state index contributed by atoms with van der Waals surface area (Å²) in [5.74, 6) is -2.65. The topological polar surface area (TPSA) is 87.0 Å². The number of nitrogens with one attached hydrogen (secondary N) is 1. The van der Waals surface area contributed by atoms with E-state index in [9.17, 15) is 5.26 Å². The van der Waals surface area contributed by atoms with Crippen LogP contribution in [0.2, 0.25) is 0 Å². The molecule has 2 aromatic heterocycles. The lowest BCUT2D eigenvalue weighted by molar-refractivity contribution is -0.0847. The van der Waals surface area contributed by atoms with Crippen LogP contribution in [0.25, 0.3) is 11.0 Å². The standard InChI is InChI=1S/C34H40F2N6O/c1-4-6-7-8-19-43-32-29(33(22-37)14-15-33)21-28-30(38-23-39-31(28)41-32)40-24(3)25-10-9-11-27(20-25)34(35,36)26-12-17-42(16-5-2)18-13-26/h4-5,9-11,20-21,23-24,26H,1-2,6-8,12-19H2,3H3,(H,38,39,40,41). The Bertz CT molecular complexity index is 1490. The molecule has 0 radical (unpaired) electrons. The van der Waals surface area contributed by atoms with Gasteiger partial charge in [0.05, 0.1) is 23.5 Å². The maximum absolute atomic E-state index is 15.7. The molecular formula is C34H40F2N6O. The third kappa shape index (κ3) is 6.70. The molecule has 43 heavy (non-hydrogen) atoms. The van der Waals surface area contributed by atoms with Crippen LogP contribution in [-0.4, -0.2) is 46.1 Å². The third-order valence-corrected chi connectivity index (χ3v) is 8.72. The van der Waals surface area contributed by atoms with Gasteiger partial charge in [-0.25, -0.2) is 18.7 Å². The van der Waals surface area contributed by atoms with Crippen molar-refractivity contribution in [3.8, 4) is 11.9 Å². The number of piperidine rings is 1. The largest absolute Gasteiger partial charge is 0.477 e. The molecule has 5 rings (SSSR count). The molecule has 1 unspecified atom stereocenters.